The minimum Gasteiger partial charge on any atom is -0.370 e. The standard InChI is InChI=1S/C12H19N3/c1-9-5-4-6-10(2)11(9)7-8-15-12(13)14-3/h4-6H,7-8H2,1-3H3,(H3,13,14,15). The van der Waals surface area contributed by atoms with E-state index >= 15 is 0 Å². The highest BCUT2D eigenvalue weighted by atomic mass is 15.1. The fourth-order valence-corrected chi connectivity index (χ4v) is 1.64. The van der Waals surface area contributed by atoms with E-state index in [2.05, 4.69) is 42.4 Å². The minimum absolute atomic E-state index is 0.501. The van der Waals surface area contributed by atoms with E-state index in [0.29, 0.717) is 5.96 Å². The maximum atomic E-state index is 5.55. The molecule has 0 spiro atoms. The van der Waals surface area contributed by atoms with Crippen LogP contribution in [0.15, 0.2) is 23.2 Å². The molecule has 0 aliphatic rings. The first kappa shape index (κ1) is 11.6. The molecule has 3 N–H and O–H groups in total. The van der Waals surface area contributed by atoms with Crippen LogP contribution >= 0.6 is 0 Å². The molecule has 3 heteroatoms. The highest BCUT2D eigenvalue weighted by Gasteiger charge is 2.01. The largest absolute Gasteiger partial charge is 0.370 e. The Morgan fingerprint density at radius 2 is 1.93 bits per heavy atom. The van der Waals surface area contributed by atoms with Crippen LogP contribution in [0.25, 0.3) is 0 Å². The van der Waals surface area contributed by atoms with Crippen molar-refractivity contribution in [1.82, 2.24) is 5.32 Å². The zero-order valence-corrected chi connectivity index (χ0v) is 9.67. The third kappa shape index (κ3) is 3.27. The van der Waals surface area contributed by atoms with Crippen molar-refractivity contribution in [2.24, 2.45) is 10.7 Å². The van der Waals surface area contributed by atoms with E-state index < -0.39 is 0 Å². The first-order chi connectivity index (χ1) is 7.15. The van der Waals surface area contributed by atoms with Crippen molar-refractivity contribution in [2.45, 2.75) is 20.3 Å². The van der Waals surface area contributed by atoms with Gasteiger partial charge in [0.15, 0.2) is 5.96 Å². The number of nitrogens with zero attached hydrogens (tertiary/aromatic N) is 1. The third-order valence-electron chi connectivity index (χ3n) is 2.57. The summed E-state index contributed by atoms with van der Waals surface area (Å²) in [4.78, 5) is 3.85. The summed E-state index contributed by atoms with van der Waals surface area (Å²) in [6.45, 7) is 5.11. The first-order valence-corrected chi connectivity index (χ1v) is 5.16. The van der Waals surface area contributed by atoms with E-state index in [9.17, 15) is 0 Å². The van der Waals surface area contributed by atoms with Crippen molar-refractivity contribution >= 4 is 5.96 Å². The Morgan fingerprint density at radius 3 is 2.47 bits per heavy atom. The Labute approximate surface area is 91.4 Å². The van der Waals surface area contributed by atoms with Crippen LogP contribution in [0, 0.1) is 13.8 Å². The summed E-state index contributed by atoms with van der Waals surface area (Å²) >= 11 is 0. The van der Waals surface area contributed by atoms with E-state index in [1.165, 1.54) is 16.7 Å². The van der Waals surface area contributed by atoms with Gasteiger partial charge in [0.2, 0.25) is 0 Å². The van der Waals surface area contributed by atoms with Crippen LogP contribution in [-0.4, -0.2) is 19.6 Å². The van der Waals surface area contributed by atoms with E-state index in [1.807, 2.05) is 0 Å². The molecule has 0 heterocycles. The average molecular weight is 205 g/mol. The second-order valence-electron chi connectivity index (χ2n) is 3.66. The molecule has 15 heavy (non-hydrogen) atoms. The lowest BCUT2D eigenvalue weighted by atomic mass is 10.0. The molecule has 82 valence electrons. The molecular formula is C12H19N3. The summed E-state index contributed by atoms with van der Waals surface area (Å²) < 4.78 is 0. The number of hydrogen-bond acceptors (Lipinski definition) is 1. The fraction of sp³-hybridized carbons (Fsp3) is 0.417. The number of hydrogen-bond donors (Lipinski definition) is 2. The number of aryl methyl sites for hydroxylation is 2. The second kappa shape index (κ2) is 5.39. The molecule has 0 saturated carbocycles. The van der Waals surface area contributed by atoms with Crippen molar-refractivity contribution in [1.29, 1.82) is 0 Å². The van der Waals surface area contributed by atoms with Crippen LogP contribution < -0.4 is 11.1 Å². The van der Waals surface area contributed by atoms with Gasteiger partial charge in [0.25, 0.3) is 0 Å². The summed E-state index contributed by atoms with van der Waals surface area (Å²) in [5.41, 5.74) is 9.62. The van der Waals surface area contributed by atoms with Gasteiger partial charge in [-0.15, -0.1) is 0 Å². The number of guanidine groups is 1. The fourth-order valence-electron chi connectivity index (χ4n) is 1.64. The molecule has 1 rings (SSSR count). The quantitative estimate of drug-likeness (QED) is 0.578. The van der Waals surface area contributed by atoms with Gasteiger partial charge in [0.1, 0.15) is 0 Å². The lowest BCUT2D eigenvalue weighted by Gasteiger charge is -2.10. The van der Waals surface area contributed by atoms with Crippen LogP contribution in [0.5, 0.6) is 0 Å². The molecule has 0 unspecified atom stereocenters. The van der Waals surface area contributed by atoms with E-state index in [-0.39, 0.29) is 0 Å². The number of nitrogens with two attached hydrogens (primary N) is 1. The molecule has 0 radical (unpaired) electrons. The number of benzene rings is 1. The molecule has 0 amide bonds. The summed E-state index contributed by atoms with van der Waals surface area (Å²) in [7, 11) is 1.68. The molecule has 1 aromatic carbocycles. The normalized spacial score (nSPS) is 11.5. The number of aliphatic imine (C=N–C) groups is 1. The lowest BCUT2D eigenvalue weighted by molar-refractivity contribution is 0.846. The molecule has 3 nitrogen and oxygen atoms in total. The predicted molar refractivity (Wildman–Crippen MR) is 65.2 cm³/mol. The van der Waals surface area contributed by atoms with Gasteiger partial charge in [0, 0.05) is 13.6 Å². The Balaban J connectivity index is 2.58. The Morgan fingerprint density at radius 1 is 1.33 bits per heavy atom. The highest BCUT2D eigenvalue weighted by Crippen LogP contribution is 2.13. The van der Waals surface area contributed by atoms with Gasteiger partial charge < -0.3 is 11.1 Å². The zero-order valence-electron chi connectivity index (χ0n) is 9.67. The molecule has 0 saturated heterocycles. The lowest BCUT2D eigenvalue weighted by Crippen LogP contribution is -2.33. The summed E-state index contributed by atoms with van der Waals surface area (Å²) in [5, 5.41) is 3.06. The van der Waals surface area contributed by atoms with E-state index in [0.717, 1.165) is 13.0 Å². The Hall–Kier alpha value is -1.51. The van der Waals surface area contributed by atoms with Gasteiger partial charge in [-0.3, -0.25) is 4.99 Å². The van der Waals surface area contributed by atoms with Gasteiger partial charge in [0.05, 0.1) is 0 Å². The summed E-state index contributed by atoms with van der Waals surface area (Å²) in [6, 6.07) is 6.36. The Kier molecular flexibility index (Phi) is 4.16. The molecule has 0 aromatic heterocycles. The zero-order chi connectivity index (χ0) is 11.3. The minimum atomic E-state index is 0.501. The molecular weight excluding hydrogens is 186 g/mol. The molecule has 0 fully saturated rings. The average Bonchev–Trinajstić information content (AvgIpc) is 2.22. The number of nitrogens with one attached hydrogen (secondary N) is 1. The number of rotatable bonds is 3. The smallest absolute Gasteiger partial charge is 0.188 e. The monoisotopic (exact) mass is 205 g/mol. The molecule has 0 bridgehead atoms. The topological polar surface area (TPSA) is 50.4 Å². The van der Waals surface area contributed by atoms with Gasteiger partial charge in [-0.2, -0.15) is 0 Å². The van der Waals surface area contributed by atoms with Crippen LogP contribution in [-0.2, 0) is 6.42 Å². The van der Waals surface area contributed by atoms with Crippen LogP contribution in [0.1, 0.15) is 16.7 Å². The molecule has 0 aliphatic heterocycles. The van der Waals surface area contributed by atoms with E-state index in [1.54, 1.807) is 7.05 Å². The predicted octanol–water partition coefficient (Wildman–Crippen LogP) is 1.38. The van der Waals surface area contributed by atoms with Crippen molar-refractivity contribution in [2.75, 3.05) is 13.6 Å². The summed E-state index contributed by atoms with van der Waals surface area (Å²) in [5.74, 6) is 0.501. The second-order valence-corrected chi connectivity index (χ2v) is 3.66. The van der Waals surface area contributed by atoms with E-state index in [4.69, 9.17) is 5.73 Å². The third-order valence-corrected chi connectivity index (χ3v) is 2.57. The Bertz CT molecular complexity index is 336. The van der Waals surface area contributed by atoms with Gasteiger partial charge >= 0.3 is 0 Å². The van der Waals surface area contributed by atoms with Gasteiger partial charge in [-0.05, 0) is 37.0 Å². The first-order valence-electron chi connectivity index (χ1n) is 5.16. The SMILES string of the molecule is CN=C(N)NCCc1c(C)cccc1C. The van der Waals surface area contributed by atoms with Crippen molar-refractivity contribution in [3.05, 3.63) is 34.9 Å². The maximum absolute atomic E-state index is 5.55. The highest BCUT2D eigenvalue weighted by molar-refractivity contribution is 5.77. The van der Waals surface area contributed by atoms with Crippen molar-refractivity contribution in [3.63, 3.8) is 0 Å². The van der Waals surface area contributed by atoms with Gasteiger partial charge in [-0.1, -0.05) is 18.2 Å². The van der Waals surface area contributed by atoms with Crippen LogP contribution in [0.2, 0.25) is 0 Å². The maximum Gasteiger partial charge on any atom is 0.188 e. The van der Waals surface area contributed by atoms with Crippen LogP contribution in [0.4, 0.5) is 0 Å². The van der Waals surface area contributed by atoms with Gasteiger partial charge in [-0.25, -0.2) is 0 Å². The van der Waals surface area contributed by atoms with Crippen molar-refractivity contribution < 1.29 is 0 Å². The summed E-state index contributed by atoms with van der Waals surface area (Å²) in [6.07, 6.45) is 0.981. The molecule has 0 aliphatic carbocycles. The molecule has 0 atom stereocenters. The van der Waals surface area contributed by atoms with Crippen LogP contribution in [0.3, 0.4) is 0 Å². The molecule has 1 aromatic rings. The van der Waals surface area contributed by atoms with Crippen molar-refractivity contribution in [3.8, 4) is 0 Å².